The number of aryl methyl sites for hydroxylation is 1. The summed E-state index contributed by atoms with van der Waals surface area (Å²) in [6, 6.07) is 7.28. The Bertz CT molecular complexity index is 640. The summed E-state index contributed by atoms with van der Waals surface area (Å²) >= 11 is 0. The highest BCUT2D eigenvalue weighted by Crippen LogP contribution is 2.23. The first-order valence-corrected chi connectivity index (χ1v) is 6.32. The third-order valence-electron chi connectivity index (χ3n) is 3.12. The largest absolute Gasteiger partial charge is 0.465 e. The van der Waals surface area contributed by atoms with Gasteiger partial charge in [-0.1, -0.05) is 19.4 Å². The van der Waals surface area contributed by atoms with Crippen LogP contribution in [0.1, 0.15) is 41.1 Å². The smallest absolute Gasteiger partial charge is 0.337 e. The molecule has 19 heavy (non-hydrogen) atoms. The number of benzene rings is 1. The van der Waals surface area contributed by atoms with Crippen LogP contribution < -0.4 is 0 Å². The van der Waals surface area contributed by atoms with Gasteiger partial charge in [-0.05, 0) is 24.6 Å². The summed E-state index contributed by atoms with van der Waals surface area (Å²) in [4.78, 5) is 23.4. The van der Waals surface area contributed by atoms with Crippen LogP contribution in [0.3, 0.4) is 0 Å². The zero-order chi connectivity index (χ0) is 14.0. The van der Waals surface area contributed by atoms with Crippen LogP contribution in [0.5, 0.6) is 0 Å². The number of aromatic nitrogens is 1. The average molecular weight is 259 g/mol. The highest BCUT2D eigenvalue weighted by Gasteiger charge is 2.14. The van der Waals surface area contributed by atoms with E-state index < -0.39 is 5.97 Å². The number of esters is 1. The molecule has 0 saturated heterocycles. The first-order chi connectivity index (χ1) is 9.08. The second-order valence-corrected chi connectivity index (χ2v) is 4.51. The molecule has 0 aliphatic carbocycles. The van der Waals surface area contributed by atoms with E-state index in [4.69, 9.17) is 4.74 Å². The molecule has 1 aromatic heterocycles. The van der Waals surface area contributed by atoms with Crippen molar-refractivity contribution in [3.8, 4) is 0 Å². The molecule has 0 atom stereocenters. The van der Waals surface area contributed by atoms with E-state index in [1.165, 1.54) is 14.0 Å². The number of rotatable bonds is 3. The van der Waals surface area contributed by atoms with Crippen LogP contribution >= 0.6 is 0 Å². The summed E-state index contributed by atoms with van der Waals surface area (Å²) < 4.78 is 6.38. The molecule has 0 N–H and O–H groups in total. The van der Waals surface area contributed by atoms with Gasteiger partial charge in [0.2, 0.25) is 5.91 Å². The van der Waals surface area contributed by atoms with Crippen molar-refractivity contribution in [2.24, 2.45) is 0 Å². The minimum Gasteiger partial charge on any atom is -0.465 e. The molecule has 100 valence electrons. The molecule has 4 heteroatoms. The molecule has 0 bridgehead atoms. The molecule has 0 radical (unpaired) electrons. The molecule has 0 unspecified atom stereocenters. The summed E-state index contributed by atoms with van der Waals surface area (Å²) in [6.07, 6.45) is 1.80. The van der Waals surface area contributed by atoms with Gasteiger partial charge >= 0.3 is 5.97 Å². The Morgan fingerprint density at radius 2 is 2.00 bits per heavy atom. The summed E-state index contributed by atoms with van der Waals surface area (Å²) in [5.74, 6) is -0.435. The molecule has 0 aliphatic rings. The second-order valence-electron chi connectivity index (χ2n) is 4.51. The topological polar surface area (TPSA) is 48.3 Å². The molecule has 2 aromatic rings. The number of methoxy groups -OCH3 is 1. The van der Waals surface area contributed by atoms with Crippen molar-refractivity contribution in [1.82, 2.24) is 4.57 Å². The van der Waals surface area contributed by atoms with Crippen molar-refractivity contribution in [3.05, 3.63) is 35.5 Å². The number of nitrogens with zero attached hydrogens (tertiary/aromatic N) is 1. The molecular formula is C15H17NO3. The van der Waals surface area contributed by atoms with Gasteiger partial charge in [0, 0.05) is 18.0 Å². The van der Waals surface area contributed by atoms with E-state index in [-0.39, 0.29) is 5.91 Å². The normalized spacial score (nSPS) is 10.7. The molecule has 0 spiro atoms. The van der Waals surface area contributed by atoms with Crippen LogP contribution in [0.2, 0.25) is 0 Å². The number of carbonyl (C=O) groups excluding carboxylic acids is 2. The zero-order valence-electron chi connectivity index (χ0n) is 11.4. The van der Waals surface area contributed by atoms with E-state index in [0.717, 1.165) is 29.4 Å². The minimum atomic E-state index is -0.393. The van der Waals surface area contributed by atoms with Crippen molar-refractivity contribution < 1.29 is 14.3 Å². The summed E-state index contributed by atoms with van der Waals surface area (Å²) in [5.41, 5.74) is 2.20. The van der Waals surface area contributed by atoms with E-state index in [1.54, 1.807) is 16.7 Å². The standard InChI is InChI=1S/C15H17NO3/c1-4-5-13-8-11-6-7-12(15(18)19-3)9-14(11)16(13)10(2)17/h6-9H,4-5H2,1-3H3. The minimum absolute atomic E-state index is 0.0412. The van der Waals surface area contributed by atoms with Gasteiger partial charge in [-0.25, -0.2) is 4.79 Å². The third-order valence-corrected chi connectivity index (χ3v) is 3.12. The number of hydrogen-bond acceptors (Lipinski definition) is 3. The Morgan fingerprint density at radius 1 is 1.26 bits per heavy atom. The van der Waals surface area contributed by atoms with Crippen LogP contribution in [-0.4, -0.2) is 23.6 Å². The van der Waals surface area contributed by atoms with Crippen molar-refractivity contribution >= 4 is 22.8 Å². The predicted molar refractivity (Wildman–Crippen MR) is 73.6 cm³/mol. The Balaban J connectivity index is 2.65. The van der Waals surface area contributed by atoms with Crippen molar-refractivity contribution in [2.75, 3.05) is 7.11 Å². The molecule has 0 fully saturated rings. The lowest BCUT2D eigenvalue weighted by Crippen LogP contribution is -2.10. The van der Waals surface area contributed by atoms with Crippen LogP contribution in [0, 0.1) is 0 Å². The maximum Gasteiger partial charge on any atom is 0.337 e. The van der Waals surface area contributed by atoms with Crippen molar-refractivity contribution in [3.63, 3.8) is 0 Å². The zero-order valence-corrected chi connectivity index (χ0v) is 11.4. The highest BCUT2D eigenvalue weighted by molar-refractivity contribution is 5.98. The van der Waals surface area contributed by atoms with E-state index >= 15 is 0 Å². The van der Waals surface area contributed by atoms with Gasteiger partial charge < -0.3 is 4.74 Å². The van der Waals surface area contributed by atoms with Crippen molar-refractivity contribution in [2.45, 2.75) is 26.7 Å². The predicted octanol–water partition coefficient (Wildman–Crippen LogP) is 3.04. The maximum atomic E-state index is 11.8. The molecule has 0 amide bonds. The Labute approximate surface area is 112 Å². The third kappa shape index (κ3) is 2.38. The van der Waals surface area contributed by atoms with Crippen molar-refractivity contribution in [1.29, 1.82) is 0 Å². The van der Waals surface area contributed by atoms with E-state index in [1.807, 2.05) is 12.1 Å². The van der Waals surface area contributed by atoms with Crippen LogP contribution in [0.4, 0.5) is 0 Å². The SMILES string of the molecule is CCCc1cc2ccc(C(=O)OC)cc2n1C(C)=O. The molecule has 1 aromatic carbocycles. The highest BCUT2D eigenvalue weighted by atomic mass is 16.5. The molecule has 1 heterocycles. The van der Waals surface area contributed by atoms with Gasteiger partial charge in [-0.15, -0.1) is 0 Å². The quantitative estimate of drug-likeness (QED) is 0.796. The lowest BCUT2D eigenvalue weighted by molar-refractivity contribution is 0.0600. The molecule has 0 aliphatic heterocycles. The van der Waals surface area contributed by atoms with Gasteiger partial charge in [0.15, 0.2) is 0 Å². The summed E-state index contributed by atoms with van der Waals surface area (Å²) in [5, 5.41) is 0.964. The van der Waals surface area contributed by atoms with Gasteiger partial charge in [0.05, 0.1) is 18.2 Å². The Hall–Kier alpha value is -2.10. The maximum absolute atomic E-state index is 11.8. The molecule has 4 nitrogen and oxygen atoms in total. The molecular weight excluding hydrogens is 242 g/mol. The summed E-state index contributed by atoms with van der Waals surface area (Å²) in [6.45, 7) is 3.60. The van der Waals surface area contributed by atoms with Gasteiger partial charge in [-0.2, -0.15) is 0 Å². The second kappa shape index (κ2) is 5.26. The molecule has 0 saturated carbocycles. The first-order valence-electron chi connectivity index (χ1n) is 6.32. The van der Waals surface area contributed by atoms with Crippen LogP contribution in [-0.2, 0) is 11.2 Å². The fourth-order valence-corrected chi connectivity index (χ4v) is 2.31. The first kappa shape index (κ1) is 13.3. The Morgan fingerprint density at radius 3 is 2.58 bits per heavy atom. The van der Waals surface area contributed by atoms with Gasteiger partial charge in [0.1, 0.15) is 0 Å². The molecule has 2 rings (SSSR count). The summed E-state index contributed by atoms with van der Waals surface area (Å²) in [7, 11) is 1.35. The van der Waals surface area contributed by atoms with E-state index in [2.05, 4.69) is 6.92 Å². The monoisotopic (exact) mass is 259 g/mol. The number of hydrogen-bond donors (Lipinski definition) is 0. The van der Waals surface area contributed by atoms with Crippen LogP contribution in [0.15, 0.2) is 24.3 Å². The fourth-order valence-electron chi connectivity index (χ4n) is 2.31. The average Bonchev–Trinajstić information content (AvgIpc) is 2.75. The van der Waals surface area contributed by atoms with Gasteiger partial charge in [0.25, 0.3) is 0 Å². The van der Waals surface area contributed by atoms with E-state index in [9.17, 15) is 9.59 Å². The number of carbonyl (C=O) groups is 2. The van der Waals surface area contributed by atoms with Gasteiger partial charge in [-0.3, -0.25) is 9.36 Å². The fraction of sp³-hybridized carbons (Fsp3) is 0.333. The van der Waals surface area contributed by atoms with Crippen LogP contribution in [0.25, 0.3) is 10.9 Å². The lowest BCUT2D eigenvalue weighted by atomic mass is 10.1. The van der Waals surface area contributed by atoms with E-state index in [0.29, 0.717) is 5.56 Å². The Kier molecular flexibility index (Phi) is 3.69. The number of ether oxygens (including phenoxy) is 1. The lowest BCUT2D eigenvalue weighted by Gasteiger charge is -2.06. The number of fused-ring (bicyclic) bond motifs is 1.